The summed E-state index contributed by atoms with van der Waals surface area (Å²) >= 11 is 0. The van der Waals surface area contributed by atoms with Crippen LogP contribution >= 0.6 is 0 Å². The van der Waals surface area contributed by atoms with E-state index in [1.807, 2.05) is 17.8 Å². The molecule has 1 rings (SSSR count). The van der Waals surface area contributed by atoms with E-state index < -0.39 is 0 Å². The van der Waals surface area contributed by atoms with Crippen molar-refractivity contribution in [3.05, 3.63) is 11.9 Å². The monoisotopic (exact) mass is 240 g/mol. The van der Waals surface area contributed by atoms with Gasteiger partial charge in [-0.2, -0.15) is 0 Å². The number of ether oxygens (including phenoxy) is 1. The van der Waals surface area contributed by atoms with Gasteiger partial charge in [-0.25, -0.2) is 4.68 Å². The third kappa shape index (κ3) is 3.78. The minimum Gasteiger partial charge on any atom is -0.377 e. The second-order valence-electron chi connectivity index (χ2n) is 4.07. The van der Waals surface area contributed by atoms with Crippen molar-refractivity contribution in [2.75, 3.05) is 13.2 Å². The fourth-order valence-corrected chi connectivity index (χ4v) is 1.92. The van der Waals surface area contributed by atoms with Crippen molar-refractivity contribution in [3.63, 3.8) is 0 Å². The highest BCUT2D eigenvalue weighted by atomic mass is 16.5. The number of aromatic nitrogens is 3. The Balaban J connectivity index is 2.81. The second-order valence-corrected chi connectivity index (χ2v) is 4.07. The second kappa shape index (κ2) is 7.40. The van der Waals surface area contributed by atoms with E-state index in [2.05, 4.69) is 36.4 Å². The number of hydrogen-bond acceptors (Lipinski definition) is 4. The van der Waals surface area contributed by atoms with Crippen LogP contribution in [0.1, 0.15) is 45.9 Å². The highest BCUT2D eigenvalue weighted by molar-refractivity contribution is 5.04. The highest BCUT2D eigenvalue weighted by Crippen LogP contribution is 2.18. The molecule has 0 fully saturated rings. The molecule has 2 unspecified atom stereocenters. The van der Waals surface area contributed by atoms with Gasteiger partial charge in [0.15, 0.2) is 0 Å². The molecule has 0 saturated carbocycles. The van der Waals surface area contributed by atoms with Crippen LogP contribution in [0, 0.1) is 0 Å². The lowest BCUT2D eigenvalue weighted by Gasteiger charge is -2.25. The molecule has 17 heavy (non-hydrogen) atoms. The summed E-state index contributed by atoms with van der Waals surface area (Å²) in [7, 11) is 0. The normalized spacial score (nSPS) is 14.8. The zero-order chi connectivity index (χ0) is 12.7. The molecule has 0 radical (unpaired) electrons. The van der Waals surface area contributed by atoms with Crippen molar-refractivity contribution >= 4 is 0 Å². The van der Waals surface area contributed by atoms with E-state index in [-0.39, 0.29) is 12.1 Å². The van der Waals surface area contributed by atoms with Gasteiger partial charge in [-0.3, -0.25) is 0 Å². The van der Waals surface area contributed by atoms with Crippen LogP contribution < -0.4 is 5.32 Å². The van der Waals surface area contributed by atoms with E-state index >= 15 is 0 Å². The average molecular weight is 240 g/mol. The molecule has 98 valence electrons. The fraction of sp³-hybridized carbons (Fsp3) is 0.833. The Morgan fingerprint density at radius 3 is 2.76 bits per heavy atom. The maximum absolute atomic E-state index is 5.69. The molecule has 0 spiro atoms. The third-order valence-electron chi connectivity index (χ3n) is 2.78. The third-order valence-corrected chi connectivity index (χ3v) is 2.78. The van der Waals surface area contributed by atoms with Gasteiger partial charge in [0, 0.05) is 13.2 Å². The van der Waals surface area contributed by atoms with Crippen molar-refractivity contribution in [2.45, 2.75) is 52.8 Å². The Kier molecular flexibility index (Phi) is 6.15. The Morgan fingerprint density at radius 1 is 1.41 bits per heavy atom. The smallest absolute Gasteiger partial charge is 0.0782 e. The van der Waals surface area contributed by atoms with Gasteiger partial charge in [-0.15, -0.1) is 5.10 Å². The van der Waals surface area contributed by atoms with Crippen molar-refractivity contribution in [2.24, 2.45) is 0 Å². The fourth-order valence-electron chi connectivity index (χ4n) is 1.92. The molecule has 5 nitrogen and oxygen atoms in total. The van der Waals surface area contributed by atoms with E-state index in [1.54, 1.807) is 0 Å². The number of aryl methyl sites for hydroxylation is 1. The molecule has 0 bridgehead atoms. The van der Waals surface area contributed by atoms with Crippen LogP contribution in [0.3, 0.4) is 0 Å². The van der Waals surface area contributed by atoms with Crippen LogP contribution in [0.2, 0.25) is 0 Å². The minimum atomic E-state index is 0.121. The van der Waals surface area contributed by atoms with E-state index in [0.29, 0.717) is 0 Å². The molecule has 1 aromatic rings. The molecule has 1 aromatic heterocycles. The molecule has 0 aliphatic heterocycles. The van der Waals surface area contributed by atoms with Crippen LogP contribution in [-0.2, 0) is 11.3 Å². The molecule has 2 atom stereocenters. The lowest BCUT2D eigenvalue weighted by Crippen LogP contribution is -2.34. The van der Waals surface area contributed by atoms with Gasteiger partial charge < -0.3 is 10.1 Å². The van der Waals surface area contributed by atoms with E-state index in [1.165, 1.54) is 0 Å². The van der Waals surface area contributed by atoms with E-state index in [9.17, 15) is 0 Å². The van der Waals surface area contributed by atoms with Crippen molar-refractivity contribution in [1.29, 1.82) is 0 Å². The molecule has 5 heteroatoms. The average Bonchev–Trinajstić information content (AvgIpc) is 2.78. The first kappa shape index (κ1) is 14.1. The van der Waals surface area contributed by atoms with Crippen molar-refractivity contribution < 1.29 is 4.74 Å². The van der Waals surface area contributed by atoms with Gasteiger partial charge in [0.25, 0.3) is 0 Å². The van der Waals surface area contributed by atoms with Crippen molar-refractivity contribution in [1.82, 2.24) is 20.3 Å². The first-order chi connectivity index (χ1) is 8.24. The summed E-state index contributed by atoms with van der Waals surface area (Å²) in [5.41, 5.74) is 1.10. The molecule has 1 N–H and O–H groups in total. The van der Waals surface area contributed by atoms with Gasteiger partial charge in [-0.1, -0.05) is 12.1 Å². The maximum atomic E-state index is 5.69. The molecule has 0 aliphatic rings. The molecular weight excluding hydrogens is 216 g/mol. The van der Waals surface area contributed by atoms with Gasteiger partial charge >= 0.3 is 0 Å². The Labute approximate surface area is 104 Å². The van der Waals surface area contributed by atoms with Crippen LogP contribution in [0.5, 0.6) is 0 Å². The summed E-state index contributed by atoms with van der Waals surface area (Å²) in [6.45, 7) is 10.9. The molecule has 0 aromatic carbocycles. The predicted molar refractivity (Wildman–Crippen MR) is 67.8 cm³/mol. The lowest BCUT2D eigenvalue weighted by molar-refractivity contribution is 0.0449. The Hall–Kier alpha value is -0.940. The minimum absolute atomic E-state index is 0.121. The number of rotatable bonds is 8. The maximum Gasteiger partial charge on any atom is 0.0782 e. The summed E-state index contributed by atoms with van der Waals surface area (Å²) in [5, 5.41) is 11.6. The molecule has 0 amide bonds. The first-order valence-corrected chi connectivity index (χ1v) is 6.47. The quantitative estimate of drug-likeness (QED) is 0.752. The first-order valence-electron chi connectivity index (χ1n) is 6.47. The predicted octanol–water partition coefficient (Wildman–Crippen LogP) is 1.76. The summed E-state index contributed by atoms with van der Waals surface area (Å²) in [6.07, 6.45) is 3.05. The highest BCUT2D eigenvalue weighted by Gasteiger charge is 2.22. The molecular formula is C12H24N4O. The van der Waals surface area contributed by atoms with Gasteiger partial charge in [0.05, 0.1) is 24.0 Å². The van der Waals surface area contributed by atoms with Gasteiger partial charge in [0.2, 0.25) is 0 Å². The largest absolute Gasteiger partial charge is 0.377 e. The van der Waals surface area contributed by atoms with Crippen molar-refractivity contribution in [3.8, 4) is 0 Å². The van der Waals surface area contributed by atoms with E-state index in [4.69, 9.17) is 4.74 Å². The summed E-state index contributed by atoms with van der Waals surface area (Å²) in [6, 6.07) is 0.157. The number of nitrogens with zero attached hydrogens (tertiary/aromatic N) is 3. The van der Waals surface area contributed by atoms with Crippen LogP contribution in [0.4, 0.5) is 0 Å². The lowest BCUT2D eigenvalue weighted by atomic mass is 10.1. The Bertz CT molecular complexity index is 313. The zero-order valence-electron chi connectivity index (χ0n) is 11.3. The van der Waals surface area contributed by atoms with Crippen LogP contribution in [0.15, 0.2) is 6.20 Å². The molecule has 0 aliphatic carbocycles. The SMILES string of the molecule is CCCNC(c1cnnn1CC)C(C)OCC. The summed E-state index contributed by atoms with van der Waals surface area (Å²) < 4.78 is 7.61. The summed E-state index contributed by atoms with van der Waals surface area (Å²) in [5.74, 6) is 0. The molecule has 0 saturated heterocycles. The van der Waals surface area contributed by atoms with E-state index in [0.717, 1.165) is 31.8 Å². The van der Waals surface area contributed by atoms with Gasteiger partial charge in [-0.05, 0) is 33.7 Å². The number of nitrogens with one attached hydrogen (secondary N) is 1. The van der Waals surface area contributed by atoms with Crippen LogP contribution in [-0.4, -0.2) is 34.2 Å². The standard InChI is InChI=1S/C12H24N4O/c1-5-8-13-12(10(4)17-7-3)11-9-14-15-16(11)6-2/h9-10,12-13H,5-8H2,1-4H3. The molecule has 1 heterocycles. The van der Waals surface area contributed by atoms with Gasteiger partial charge in [0.1, 0.15) is 0 Å². The zero-order valence-corrected chi connectivity index (χ0v) is 11.3. The topological polar surface area (TPSA) is 52.0 Å². The number of hydrogen-bond donors (Lipinski definition) is 1. The Morgan fingerprint density at radius 2 is 2.18 bits per heavy atom. The van der Waals surface area contributed by atoms with Crippen LogP contribution in [0.25, 0.3) is 0 Å². The summed E-state index contributed by atoms with van der Waals surface area (Å²) in [4.78, 5) is 0.